The molecule has 0 aliphatic heterocycles. The van der Waals surface area contributed by atoms with E-state index in [2.05, 4.69) is 16.0 Å². The Hall–Kier alpha value is -3.48. The molecule has 3 atom stereocenters. The third kappa shape index (κ3) is 13.9. The summed E-state index contributed by atoms with van der Waals surface area (Å²) < 4.78 is 38.4. The number of ether oxygens (including phenoxy) is 2. The highest BCUT2D eigenvalue weighted by molar-refractivity contribution is 7.92. The number of nitrogens with two attached hydrogens (primary N) is 1. The summed E-state index contributed by atoms with van der Waals surface area (Å²) in [5.41, 5.74) is 8.54. The maximum Gasteiger partial charge on any atom is 0.312 e. The number of methoxy groups -OCH3 is 1. The predicted molar refractivity (Wildman–Crippen MR) is 180 cm³/mol. The lowest BCUT2D eigenvalue weighted by Crippen LogP contribution is -2.48. The van der Waals surface area contributed by atoms with E-state index < -0.39 is 50.8 Å². The Labute approximate surface area is 274 Å². The van der Waals surface area contributed by atoms with Crippen molar-refractivity contribution in [1.82, 2.24) is 16.0 Å². The van der Waals surface area contributed by atoms with Gasteiger partial charge in [-0.05, 0) is 42.5 Å². The molecule has 1 unspecified atom stereocenters. The molecule has 0 fully saturated rings. The number of hydrogen-bond donors (Lipinski definition) is 4. The maximum absolute atomic E-state index is 13.8. The summed E-state index contributed by atoms with van der Waals surface area (Å²) in [4.78, 5) is 37.9. The molecule has 0 radical (unpaired) electrons. The van der Waals surface area contributed by atoms with E-state index in [-0.39, 0.29) is 31.8 Å². The van der Waals surface area contributed by atoms with Crippen LogP contribution in [0.5, 0.6) is 5.75 Å². The van der Waals surface area contributed by atoms with Crippen LogP contribution in [-0.4, -0.2) is 76.6 Å². The Morgan fingerprint density at radius 1 is 0.891 bits per heavy atom. The van der Waals surface area contributed by atoms with E-state index in [0.717, 1.165) is 11.1 Å². The van der Waals surface area contributed by atoms with E-state index in [1.54, 1.807) is 7.11 Å². The van der Waals surface area contributed by atoms with E-state index in [9.17, 15) is 22.8 Å². The zero-order valence-corrected chi connectivity index (χ0v) is 28.4. The van der Waals surface area contributed by atoms with E-state index >= 15 is 0 Å². The fourth-order valence-corrected chi connectivity index (χ4v) is 7.41. The number of rotatable bonds is 22. The van der Waals surface area contributed by atoms with Crippen molar-refractivity contribution in [3.8, 4) is 5.75 Å². The van der Waals surface area contributed by atoms with Crippen molar-refractivity contribution in [2.45, 2.75) is 82.7 Å². The summed E-state index contributed by atoms with van der Waals surface area (Å²) in [7, 11) is -0.635. The lowest BCUT2D eigenvalue weighted by atomic mass is 10.0. The molecule has 5 N–H and O–H groups in total. The van der Waals surface area contributed by atoms with Gasteiger partial charge in [0.1, 0.15) is 11.9 Å². The summed E-state index contributed by atoms with van der Waals surface area (Å²) in [6.07, 6.45) is 1.84. The van der Waals surface area contributed by atoms with Gasteiger partial charge in [0.05, 0.1) is 24.0 Å². The number of hydrogen-bond acceptors (Lipinski definition) is 9. The fourth-order valence-electron chi connectivity index (χ4n) is 5.14. The Morgan fingerprint density at radius 3 is 2.17 bits per heavy atom. The summed E-state index contributed by atoms with van der Waals surface area (Å²) in [6, 6.07) is 16.6. The first-order valence-corrected chi connectivity index (χ1v) is 17.8. The normalized spacial score (nSPS) is 13.4. The first kappa shape index (κ1) is 38.7. The van der Waals surface area contributed by atoms with Crippen molar-refractivity contribution in [1.29, 1.82) is 0 Å². The molecule has 2 amide bonds. The second-order valence-corrected chi connectivity index (χ2v) is 13.8. The van der Waals surface area contributed by atoms with Crippen LogP contribution in [0.4, 0.5) is 0 Å². The lowest BCUT2D eigenvalue weighted by Gasteiger charge is -2.28. The molecular formula is C34H52N4O7S. The molecule has 46 heavy (non-hydrogen) atoms. The molecule has 0 aliphatic carbocycles. The minimum atomic E-state index is -3.71. The molecule has 2 aromatic rings. The third-order valence-corrected chi connectivity index (χ3v) is 10.1. The smallest absolute Gasteiger partial charge is 0.312 e. The van der Waals surface area contributed by atoms with E-state index in [1.165, 1.54) is 7.05 Å². The van der Waals surface area contributed by atoms with Gasteiger partial charge in [0.15, 0.2) is 9.84 Å². The monoisotopic (exact) mass is 660 g/mol. The fraction of sp³-hybridized carbons (Fsp3) is 0.559. The Balaban J connectivity index is 2.27. The van der Waals surface area contributed by atoms with E-state index in [1.807, 2.05) is 68.4 Å². The van der Waals surface area contributed by atoms with Crippen LogP contribution in [0, 0.1) is 5.92 Å². The van der Waals surface area contributed by atoms with Gasteiger partial charge >= 0.3 is 5.97 Å². The van der Waals surface area contributed by atoms with Crippen LogP contribution in [0.3, 0.4) is 0 Å². The minimum Gasteiger partial charge on any atom is -0.497 e. The standard InChI is InChI=1S/C34H52N4O7S/c1-5-11-29(12-6-2)46(42,43)24-27(22-38-33(40)18-17-32(39)36-3)34(41)45-31(30(35)20-25-13-8-7-9-14-25)23-37-21-26-15-10-16-28(19-26)44-4/h7-10,13-16,19,27,29-31,37H,5-6,11-12,17-18,20-24,35H2,1-4H3,(H,36,39)(H,38,40)/t27?,30-,31+/m0/s1. The van der Waals surface area contributed by atoms with Gasteiger partial charge in [0.25, 0.3) is 0 Å². The average molecular weight is 661 g/mol. The van der Waals surface area contributed by atoms with Gasteiger partial charge in [-0.3, -0.25) is 14.4 Å². The SMILES string of the molecule is CCCC(CCC)S(=O)(=O)CC(CNC(=O)CCC(=O)NC)C(=O)O[C@H](CNCc1cccc(OC)c1)[C@@H](N)Cc1ccccc1. The van der Waals surface area contributed by atoms with Crippen molar-refractivity contribution in [3.63, 3.8) is 0 Å². The molecule has 0 saturated carbocycles. The Kier molecular flexibility index (Phi) is 17.3. The molecule has 0 heterocycles. The number of esters is 1. The van der Waals surface area contributed by atoms with Gasteiger partial charge in [-0.15, -0.1) is 0 Å². The Bertz CT molecular complexity index is 1320. The van der Waals surface area contributed by atoms with Gasteiger partial charge in [-0.1, -0.05) is 69.2 Å². The summed E-state index contributed by atoms with van der Waals surface area (Å²) in [5.74, 6) is -2.42. The summed E-state index contributed by atoms with van der Waals surface area (Å²) in [6.45, 7) is 4.27. The lowest BCUT2D eigenvalue weighted by molar-refractivity contribution is -0.154. The van der Waals surface area contributed by atoms with Gasteiger partial charge in [-0.25, -0.2) is 8.42 Å². The molecule has 2 rings (SSSR count). The zero-order chi connectivity index (χ0) is 34.0. The molecule has 11 nitrogen and oxygen atoms in total. The highest BCUT2D eigenvalue weighted by Gasteiger charge is 2.34. The van der Waals surface area contributed by atoms with Crippen molar-refractivity contribution < 1.29 is 32.3 Å². The zero-order valence-electron chi connectivity index (χ0n) is 27.6. The van der Waals surface area contributed by atoms with Crippen LogP contribution in [-0.2, 0) is 41.9 Å². The van der Waals surface area contributed by atoms with E-state index in [0.29, 0.717) is 44.4 Å². The van der Waals surface area contributed by atoms with Crippen molar-refractivity contribution in [2.24, 2.45) is 11.7 Å². The number of sulfone groups is 1. The van der Waals surface area contributed by atoms with Crippen molar-refractivity contribution >= 4 is 27.6 Å². The summed E-state index contributed by atoms with van der Waals surface area (Å²) >= 11 is 0. The molecular weight excluding hydrogens is 608 g/mol. The van der Waals surface area contributed by atoms with Crippen LogP contribution in [0.15, 0.2) is 54.6 Å². The van der Waals surface area contributed by atoms with Crippen molar-refractivity contribution in [3.05, 3.63) is 65.7 Å². The van der Waals surface area contributed by atoms with Crippen LogP contribution in [0.25, 0.3) is 0 Å². The summed E-state index contributed by atoms with van der Waals surface area (Å²) in [5, 5.41) is 7.81. The van der Waals surface area contributed by atoms with Crippen LogP contribution in [0.2, 0.25) is 0 Å². The first-order chi connectivity index (χ1) is 22.0. The largest absolute Gasteiger partial charge is 0.497 e. The molecule has 256 valence electrons. The molecule has 0 aliphatic rings. The second kappa shape index (κ2) is 20.6. The second-order valence-electron chi connectivity index (χ2n) is 11.5. The number of amides is 2. The van der Waals surface area contributed by atoms with Crippen molar-refractivity contribution in [2.75, 3.05) is 33.0 Å². The highest BCUT2D eigenvalue weighted by atomic mass is 32.2. The first-order valence-electron chi connectivity index (χ1n) is 16.0. The molecule has 0 spiro atoms. The number of benzene rings is 2. The van der Waals surface area contributed by atoms with Gasteiger partial charge < -0.3 is 31.2 Å². The Morgan fingerprint density at radius 2 is 1.54 bits per heavy atom. The minimum absolute atomic E-state index is 0.0276. The van der Waals surface area contributed by atoms with E-state index in [4.69, 9.17) is 15.2 Å². The average Bonchev–Trinajstić information content (AvgIpc) is 3.05. The molecule has 0 saturated heterocycles. The number of carbonyl (C=O) groups excluding carboxylic acids is 3. The molecule has 0 aromatic heterocycles. The van der Waals surface area contributed by atoms with Gasteiger partial charge in [0, 0.05) is 45.6 Å². The van der Waals surface area contributed by atoms with Crippen LogP contribution < -0.4 is 26.4 Å². The number of nitrogens with one attached hydrogen (secondary N) is 3. The number of carbonyl (C=O) groups is 3. The predicted octanol–water partition coefficient (Wildman–Crippen LogP) is 2.91. The topological polar surface area (TPSA) is 166 Å². The molecule has 2 aromatic carbocycles. The third-order valence-electron chi connectivity index (χ3n) is 7.77. The van der Waals surface area contributed by atoms with Crippen LogP contribution >= 0.6 is 0 Å². The quantitative estimate of drug-likeness (QED) is 0.139. The van der Waals surface area contributed by atoms with Crippen LogP contribution in [0.1, 0.15) is 63.5 Å². The molecule has 12 heteroatoms. The highest BCUT2D eigenvalue weighted by Crippen LogP contribution is 2.20. The maximum atomic E-state index is 13.8. The van der Waals surface area contributed by atoms with Gasteiger partial charge in [-0.2, -0.15) is 0 Å². The molecule has 0 bridgehead atoms. The van der Waals surface area contributed by atoms with Gasteiger partial charge in [0.2, 0.25) is 11.8 Å².